The molecule has 29 heavy (non-hydrogen) atoms. The van der Waals surface area contributed by atoms with Crippen molar-refractivity contribution in [2.45, 2.75) is 45.4 Å². The van der Waals surface area contributed by atoms with Crippen molar-refractivity contribution in [3.63, 3.8) is 0 Å². The first-order chi connectivity index (χ1) is 13.8. The molecule has 2 aromatic rings. The van der Waals surface area contributed by atoms with E-state index in [9.17, 15) is 9.59 Å². The van der Waals surface area contributed by atoms with Crippen molar-refractivity contribution < 1.29 is 14.3 Å². The van der Waals surface area contributed by atoms with Gasteiger partial charge in [-0.05, 0) is 66.6 Å². The van der Waals surface area contributed by atoms with Crippen LogP contribution in [0.5, 0.6) is 5.75 Å². The SMILES string of the molecule is CC(C)(C)c1ccc(OCC(=O)Nc2ccc(C(=O)N3CCCCC3)cc2)cc1. The summed E-state index contributed by atoms with van der Waals surface area (Å²) in [5.41, 5.74) is 2.60. The Labute approximate surface area is 173 Å². The summed E-state index contributed by atoms with van der Waals surface area (Å²) in [4.78, 5) is 26.6. The van der Waals surface area contributed by atoms with Gasteiger partial charge in [-0.3, -0.25) is 9.59 Å². The monoisotopic (exact) mass is 394 g/mol. The van der Waals surface area contributed by atoms with Crippen LogP contribution in [0.2, 0.25) is 0 Å². The molecule has 2 aromatic carbocycles. The number of anilines is 1. The smallest absolute Gasteiger partial charge is 0.262 e. The Hall–Kier alpha value is -2.82. The maximum Gasteiger partial charge on any atom is 0.262 e. The molecule has 5 nitrogen and oxygen atoms in total. The number of nitrogens with one attached hydrogen (secondary N) is 1. The first-order valence-corrected chi connectivity index (χ1v) is 10.3. The third-order valence-electron chi connectivity index (χ3n) is 5.15. The minimum atomic E-state index is -0.236. The standard InChI is InChI=1S/C24H30N2O3/c1-24(2,3)19-9-13-21(14-10-19)29-17-22(27)25-20-11-7-18(8-12-20)23(28)26-15-5-4-6-16-26/h7-14H,4-6,15-17H2,1-3H3,(H,25,27). The second kappa shape index (κ2) is 9.12. The Bertz CT molecular complexity index is 830. The molecule has 1 heterocycles. The number of benzene rings is 2. The zero-order valence-electron chi connectivity index (χ0n) is 17.5. The van der Waals surface area contributed by atoms with Gasteiger partial charge >= 0.3 is 0 Å². The number of ether oxygens (including phenoxy) is 1. The average molecular weight is 395 g/mol. The summed E-state index contributed by atoms with van der Waals surface area (Å²) in [6, 6.07) is 14.8. The number of hydrogen-bond acceptors (Lipinski definition) is 3. The Morgan fingerprint density at radius 3 is 2.14 bits per heavy atom. The van der Waals surface area contributed by atoms with E-state index in [0.29, 0.717) is 17.0 Å². The van der Waals surface area contributed by atoms with E-state index in [0.717, 1.165) is 25.9 Å². The highest BCUT2D eigenvalue weighted by Gasteiger charge is 2.18. The van der Waals surface area contributed by atoms with E-state index in [1.54, 1.807) is 24.3 Å². The summed E-state index contributed by atoms with van der Waals surface area (Å²) in [5, 5.41) is 2.80. The van der Waals surface area contributed by atoms with Crippen molar-refractivity contribution in [3.8, 4) is 5.75 Å². The van der Waals surface area contributed by atoms with E-state index < -0.39 is 0 Å². The van der Waals surface area contributed by atoms with Crippen LogP contribution in [0.25, 0.3) is 0 Å². The lowest BCUT2D eigenvalue weighted by Gasteiger charge is -2.26. The summed E-state index contributed by atoms with van der Waals surface area (Å²) < 4.78 is 5.58. The molecular formula is C24H30N2O3. The second-order valence-corrected chi connectivity index (χ2v) is 8.54. The quantitative estimate of drug-likeness (QED) is 0.804. The minimum Gasteiger partial charge on any atom is -0.484 e. The van der Waals surface area contributed by atoms with Crippen LogP contribution < -0.4 is 10.1 Å². The van der Waals surface area contributed by atoms with Gasteiger partial charge in [0, 0.05) is 24.3 Å². The maximum absolute atomic E-state index is 12.5. The van der Waals surface area contributed by atoms with Crippen LogP contribution in [-0.4, -0.2) is 36.4 Å². The van der Waals surface area contributed by atoms with Crippen LogP contribution >= 0.6 is 0 Å². The molecule has 0 radical (unpaired) electrons. The van der Waals surface area contributed by atoms with E-state index >= 15 is 0 Å². The number of carbonyl (C=O) groups is 2. The zero-order chi connectivity index (χ0) is 20.9. The molecule has 0 unspecified atom stereocenters. The highest BCUT2D eigenvalue weighted by molar-refractivity contribution is 5.96. The van der Waals surface area contributed by atoms with Crippen LogP contribution in [0, 0.1) is 0 Å². The molecule has 0 atom stereocenters. The largest absolute Gasteiger partial charge is 0.484 e. The molecule has 1 fully saturated rings. The zero-order valence-corrected chi connectivity index (χ0v) is 17.5. The minimum absolute atomic E-state index is 0.0598. The topological polar surface area (TPSA) is 58.6 Å². The van der Waals surface area contributed by atoms with Crippen LogP contribution in [0.1, 0.15) is 56.0 Å². The number of amides is 2. The maximum atomic E-state index is 12.5. The summed E-state index contributed by atoms with van der Waals surface area (Å²) in [6.07, 6.45) is 3.33. The van der Waals surface area contributed by atoms with E-state index in [2.05, 4.69) is 26.1 Å². The van der Waals surface area contributed by atoms with Crippen LogP contribution in [0.3, 0.4) is 0 Å². The van der Waals surface area contributed by atoms with Gasteiger partial charge in [-0.25, -0.2) is 0 Å². The predicted molar refractivity (Wildman–Crippen MR) is 115 cm³/mol. The van der Waals surface area contributed by atoms with Gasteiger partial charge in [0.05, 0.1) is 0 Å². The lowest BCUT2D eigenvalue weighted by Crippen LogP contribution is -2.35. The van der Waals surface area contributed by atoms with Crippen molar-refractivity contribution >= 4 is 17.5 Å². The van der Waals surface area contributed by atoms with E-state index in [1.807, 2.05) is 29.2 Å². The fraction of sp³-hybridized carbons (Fsp3) is 0.417. The van der Waals surface area contributed by atoms with Gasteiger partial charge in [0.15, 0.2) is 6.61 Å². The molecular weight excluding hydrogens is 364 g/mol. The number of hydrogen-bond donors (Lipinski definition) is 1. The van der Waals surface area contributed by atoms with Crippen molar-refractivity contribution in [3.05, 3.63) is 59.7 Å². The third-order valence-corrected chi connectivity index (χ3v) is 5.15. The van der Waals surface area contributed by atoms with Gasteiger partial charge in [0.2, 0.25) is 0 Å². The number of piperidine rings is 1. The molecule has 3 rings (SSSR count). The first-order valence-electron chi connectivity index (χ1n) is 10.3. The number of carbonyl (C=O) groups excluding carboxylic acids is 2. The fourth-order valence-electron chi connectivity index (χ4n) is 3.37. The molecule has 0 saturated carbocycles. The van der Waals surface area contributed by atoms with E-state index in [-0.39, 0.29) is 23.8 Å². The Balaban J connectivity index is 1.49. The number of nitrogens with zero attached hydrogens (tertiary/aromatic N) is 1. The third kappa shape index (κ3) is 5.83. The molecule has 1 saturated heterocycles. The second-order valence-electron chi connectivity index (χ2n) is 8.54. The molecule has 0 aromatic heterocycles. The molecule has 2 amide bonds. The van der Waals surface area contributed by atoms with Gasteiger partial charge in [-0.1, -0.05) is 32.9 Å². The highest BCUT2D eigenvalue weighted by atomic mass is 16.5. The average Bonchev–Trinajstić information content (AvgIpc) is 2.72. The number of likely N-dealkylation sites (tertiary alicyclic amines) is 1. The van der Waals surface area contributed by atoms with Crippen LogP contribution in [0.4, 0.5) is 5.69 Å². The van der Waals surface area contributed by atoms with Gasteiger partial charge < -0.3 is 15.0 Å². The molecule has 1 aliphatic rings. The molecule has 0 bridgehead atoms. The van der Waals surface area contributed by atoms with Crippen molar-refractivity contribution in [2.24, 2.45) is 0 Å². The molecule has 5 heteroatoms. The lowest BCUT2D eigenvalue weighted by atomic mass is 9.87. The number of rotatable bonds is 5. The predicted octanol–water partition coefficient (Wildman–Crippen LogP) is 4.63. The van der Waals surface area contributed by atoms with Gasteiger partial charge in [0.1, 0.15) is 5.75 Å². The van der Waals surface area contributed by atoms with Gasteiger partial charge in [-0.15, -0.1) is 0 Å². The van der Waals surface area contributed by atoms with Crippen molar-refractivity contribution in [1.29, 1.82) is 0 Å². The Kier molecular flexibility index (Phi) is 6.57. The highest BCUT2D eigenvalue weighted by Crippen LogP contribution is 2.24. The van der Waals surface area contributed by atoms with Gasteiger partial charge in [0.25, 0.3) is 11.8 Å². The summed E-state index contributed by atoms with van der Waals surface area (Å²) in [5.74, 6) is 0.486. The summed E-state index contributed by atoms with van der Waals surface area (Å²) in [6.45, 7) is 8.05. The first kappa shape index (κ1) is 20.9. The van der Waals surface area contributed by atoms with Crippen molar-refractivity contribution in [2.75, 3.05) is 25.0 Å². The van der Waals surface area contributed by atoms with Crippen LogP contribution in [-0.2, 0) is 10.2 Å². The summed E-state index contributed by atoms with van der Waals surface area (Å²) in [7, 11) is 0. The molecule has 1 aliphatic heterocycles. The molecule has 1 N–H and O–H groups in total. The van der Waals surface area contributed by atoms with E-state index in [4.69, 9.17) is 4.74 Å². The Morgan fingerprint density at radius 2 is 1.55 bits per heavy atom. The fourth-order valence-corrected chi connectivity index (χ4v) is 3.37. The summed E-state index contributed by atoms with van der Waals surface area (Å²) >= 11 is 0. The normalized spacial score (nSPS) is 14.4. The molecule has 0 aliphatic carbocycles. The molecule has 154 valence electrons. The van der Waals surface area contributed by atoms with Crippen molar-refractivity contribution in [1.82, 2.24) is 4.90 Å². The Morgan fingerprint density at radius 1 is 0.931 bits per heavy atom. The van der Waals surface area contributed by atoms with E-state index in [1.165, 1.54) is 12.0 Å². The van der Waals surface area contributed by atoms with Gasteiger partial charge in [-0.2, -0.15) is 0 Å². The molecule has 0 spiro atoms. The lowest BCUT2D eigenvalue weighted by molar-refractivity contribution is -0.118. The van der Waals surface area contributed by atoms with Crippen LogP contribution in [0.15, 0.2) is 48.5 Å².